The van der Waals surface area contributed by atoms with E-state index in [1.807, 2.05) is 12.3 Å². The predicted molar refractivity (Wildman–Crippen MR) is 198 cm³/mol. The van der Waals surface area contributed by atoms with Gasteiger partial charge in [-0.2, -0.15) is 0 Å². The van der Waals surface area contributed by atoms with Crippen LogP contribution in [-0.4, -0.2) is 9.97 Å². The fourth-order valence-electron chi connectivity index (χ4n) is 12.3. The molecule has 0 saturated heterocycles. The average molecular weight is 629 g/mol. The molecule has 4 saturated carbocycles. The molecular formula is C47H36N2. The van der Waals surface area contributed by atoms with Gasteiger partial charge in [-0.15, -0.1) is 0 Å². The number of benzene rings is 5. The van der Waals surface area contributed by atoms with Gasteiger partial charge < -0.3 is 0 Å². The van der Waals surface area contributed by atoms with Crippen molar-refractivity contribution in [2.75, 3.05) is 0 Å². The minimum Gasteiger partial charge on any atom is -0.254 e. The molecule has 234 valence electrons. The number of fused-ring (bicyclic) bond motifs is 12. The normalized spacial score (nSPS) is 26.2. The van der Waals surface area contributed by atoms with Crippen LogP contribution >= 0.6 is 0 Å². The SMILES string of the molecule is c1ccc2c(c1)-c1ccccc1C21c2ccccc2C2(c3ccc(-c4ccc5ccc6cccnc6c5n4)cc31)C1CC3CC(C1)CC2C3. The quantitative estimate of drug-likeness (QED) is 0.169. The zero-order valence-electron chi connectivity index (χ0n) is 27.4. The third-order valence-corrected chi connectivity index (χ3v) is 13.8. The molecule has 0 atom stereocenters. The van der Waals surface area contributed by atoms with Crippen molar-refractivity contribution in [2.24, 2.45) is 23.7 Å². The molecule has 7 aromatic rings. The molecule has 2 heteroatoms. The number of nitrogens with zero attached hydrogens (tertiary/aromatic N) is 2. The van der Waals surface area contributed by atoms with Crippen molar-refractivity contribution < 1.29 is 0 Å². The number of rotatable bonds is 1. The van der Waals surface area contributed by atoms with E-state index >= 15 is 0 Å². The Morgan fingerprint density at radius 3 is 1.78 bits per heavy atom. The first-order valence-electron chi connectivity index (χ1n) is 18.3. The summed E-state index contributed by atoms with van der Waals surface area (Å²) in [6.45, 7) is 0. The first kappa shape index (κ1) is 26.8. The van der Waals surface area contributed by atoms with Crippen LogP contribution in [0, 0.1) is 23.7 Å². The van der Waals surface area contributed by atoms with Crippen LogP contribution in [0.5, 0.6) is 0 Å². The number of hydrogen-bond acceptors (Lipinski definition) is 2. The van der Waals surface area contributed by atoms with Crippen LogP contribution in [0.15, 0.2) is 134 Å². The molecule has 0 amide bonds. The van der Waals surface area contributed by atoms with Gasteiger partial charge in [-0.25, -0.2) is 4.98 Å². The van der Waals surface area contributed by atoms with Crippen LogP contribution in [-0.2, 0) is 10.8 Å². The molecular weight excluding hydrogens is 593 g/mol. The van der Waals surface area contributed by atoms with Crippen LogP contribution in [0.2, 0.25) is 0 Å². The lowest BCUT2D eigenvalue weighted by molar-refractivity contribution is -0.0440. The molecule has 4 bridgehead atoms. The van der Waals surface area contributed by atoms with Crippen LogP contribution in [0.1, 0.15) is 65.5 Å². The third-order valence-electron chi connectivity index (χ3n) is 13.8. The van der Waals surface area contributed by atoms with Crippen LogP contribution < -0.4 is 0 Å². The standard InChI is InChI=1S/C47H36N2/c1-3-11-37-35(9-1)36-10-2-4-12-38(36)47(37)40-14-6-5-13-39(40)46(33-23-28-22-29(25-33)26-34(46)24-28)41-19-17-32(27-42(41)47)43-20-18-31-16-15-30-8-7-21-48-44(30)45(31)49-43/h1-21,27-29,33-34H,22-26H2. The maximum atomic E-state index is 5.38. The fourth-order valence-corrected chi connectivity index (χ4v) is 12.3. The summed E-state index contributed by atoms with van der Waals surface area (Å²) >= 11 is 0. The molecule has 2 spiro atoms. The maximum Gasteiger partial charge on any atom is 0.0972 e. The summed E-state index contributed by atoms with van der Waals surface area (Å²) in [6.07, 6.45) is 8.82. The number of aromatic nitrogens is 2. The molecule has 6 aliphatic rings. The van der Waals surface area contributed by atoms with Crippen LogP contribution in [0.4, 0.5) is 0 Å². The molecule has 2 aromatic heterocycles. The van der Waals surface area contributed by atoms with Crippen molar-refractivity contribution in [3.8, 4) is 22.4 Å². The van der Waals surface area contributed by atoms with E-state index in [0.717, 1.165) is 39.3 Å². The fraction of sp³-hybridized carbons (Fsp3) is 0.234. The van der Waals surface area contributed by atoms with Gasteiger partial charge in [0.05, 0.1) is 22.1 Å². The van der Waals surface area contributed by atoms with Crippen LogP contribution in [0.3, 0.4) is 0 Å². The second-order valence-corrected chi connectivity index (χ2v) is 15.7. The van der Waals surface area contributed by atoms with Gasteiger partial charge in [0.25, 0.3) is 0 Å². The van der Waals surface area contributed by atoms with Crippen molar-refractivity contribution in [2.45, 2.75) is 42.9 Å². The van der Waals surface area contributed by atoms with Gasteiger partial charge in [0, 0.05) is 27.9 Å². The molecule has 4 fully saturated rings. The highest BCUT2D eigenvalue weighted by Crippen LogP contribution is 2.71. The van der Waals surface area contributed by atoms with E-state index in [1.54, 1.807) is 11.1 Å². The Morgan fingerprint density at radius 2 is 1.06 bits per heavy atom. The molecule has 2 heterocycles. The Balaban J connectivity index is 1.20. The Morgan fingerprint density at radius 1 is 0.469 bits per heavy atom. The van der Waals surface area contributed by atoms with E-state index in [4.69, 9.17) is 9.97 Å². The van der Waals surface area contributed by atoms with Gasteiger partial charge in [-0.05, 0) is 118 Å². The third kappa shape index (κ3) is 3.20. The molecule has 5 aromatic carbocycles. The lowest BCUT2D eigenvalue weighted by Crippen LogP contribution is -2.59. The second-order valence-electron chi connectivity index (χ2n) is 15.7. The zero-order valence-corrected chi connectivity index (χ0v) is 27.4. The highest BCUT2D eigenvalue weighted by Gasteiger charge is 2.64. The summed E-state index contributed by atoms with van der Waals surface area (Å²) < 4.78 is 0. The highest BCUT2D eigenvalue weighted by atomic mass is 14.8. The van der Waals surface area contributed by atoms with Gasteiger partial charge in [-0.1, -0.05) is 109 Å². The highest BCUT2D eigenvalue weighted by molar-refractivity contribution is 6.03. The van der Waals surface area contributed by atoms with E-state index in [-0.39, 0.29) is 10.8 Å². The summed E-state index contributed by atoms with van der Waals surface area (Å²) in [5.41, 5.74) is 15.6. The van der Waals surface area contributed by atoms with E-state index in [9.17, 15) is 0 Å². The van der Waals surface area contributed by atoms with Gasteiger partial charge in [0.2, 0.25) is 0 Å². The molecule has 0 aliphatic heterocycles. The van der Waals surface area contributed by atoms with Gasteiger partial charge in [0.1, 0.15) is 0 Å². The van der Waals surface area contributed by atoms with Crippen molar-refractivity contribution >= 4 is 21.8 Å². The Labute approximate surface area is 286 Å². The first-order valence-corrected chi connectivity index (χ1v) is 18.3. The number of hydrogen-bond donors (Lipinski definition) is 0. The monoisotopic (exact) mass is 628 g/mol. The van der Waals surface area contributed by atoms with Gasteiger partial charge >= 0.3 is 0 Å². The topological polar surface area (TPSA) is 25.8 Å². The lowest BCUT2D eigenvalue weighted by atomic mass is 9.38. The van der Waals surface area contributed by atoms with E-state index in [0.29, 0.717) is 11.8 Å². The number of pyridine rings is 2. The smallest absolute Gasteiger partial charge is 0.0972 e. The molecule has 0 unspecified atom stereocenters. The van der Waals surface area contributed by atoms with Gasteiger partial charge in [0.15, 0.2) is 0 Å². The van der Waals surface area contributed by atoms with Crippen molar-refractivity contribution in [1.82, 2.24) is 9.97 Å². The van der Waals surface area contributed by atoms with Crippen molar-refractivity contribution in [3.05, 3.63) is 167 Å². The minimum absolute atomic E-state index is 0.0482. The summed E-state index contributed by atoms with van der Waals surface area (Å²) in [5, 5.41) is 2.26. The summed E-state index contributed by atoms with van der Waals surface area (Å²) in [7, 11) is 0. The van der Waals surface area contributed by atoms with Crippen LogP contribution in [0.25, 0.3) is 44.2 Å². The van der Waals surface area contributed by atoms with Crippen molar-refractivity contribution in [3.63, 3.8) is 0 Å². The maximum absolute atomic E-state index is 5.38. The lowest BCUT2D eigenvalue weighted by Gasteiger charge is -2.65. The first-order chi connectivity index (χ1) is 24.2. The molecule has 0 N–H and O–H groups in total. The van der Waals surface area contributed by atoms with Gasteiger partial charge in [-0.3, -0.25) is 4.98 Å². The Kier molecular flexibility index (Phi) is 5.11. The summed E-state index contributed by atoms with van der Waals surface area (Å²) in [4.78, 5) is 10.2. The Bertz CT molecular complexity index is 2470. The molecule has 49 heavy (non-hydrogen) atoms. The van der Waals surface area contributed by atoms with E-state index < -0.39 is 0 Å². The van der Waals surface area contributed by atoms with E-state index in [1.165, 1.54) is 71.0 Å². The molecule has 6 aliphatic carbocycles. The second kappa shape index (κ2) is 9.33. The molecule has 0 radical (unpaired) electrons. The molecule has 2 nitrogen and oxygen atoms in total. The largest absolute Gasteiger partial charge is 0.254 e. The Hall–Kier alpha value is -5.08. The predicted octanol–water partition coefficient (Wildman–Crippen LogP) is 10.9. The molecule has 13 rings (SSSR count). The summed E-state index contributed by atoms with van der Waals surface area (Å²) in [6, 6.07) is 48.7. The van der Waals surface area contributed by atoms with Crippen molar-refractivity contribution in [1.29, 1.82) is 0 Å². The van der Waals surface area contributed by atoms with E-state index in [2.05, 4.69) is 121 Å². The average Bonchev–Trinajstić information content (AvgIpc) is 3.45. The summed E-state index contributed by atoms with van der Waals surface area (Å²) in [5.74, 6) is 3.18. The minimum atomic E-state index is -0.389. The zero-order chi connectivity index (χ0) is 31.9.